The Morgan fingerprint density at radius 3 is 2.54 bits per heavy atom. The summed E-state index contributed by atoms with van der Waals surface area (Å²) in [4.78, 5) is 12.2. The van der Waals surface area contributed by atoms with E-state index in [2.05, 4.69) is 19.9 Å². The molecule has 0 aromatic heterocycles. The number of carbonyl (C=O) groups excluding carboxylic acids is 1. The van der Waals surface area contributed by atoms with Gasteiger partial charge in [0, 0.05) is 11.3 Å². The van der Waals surface area contributed by atoms with Gasteiger partial charge in [0.05, 0.1) is 11.7 Å². The molecule has 0 aliphatic heterocycles. The van der Waals surface area contributed by atoms with Crippen LogP contribution in [0, 0.1) is 28.6 Å². The number of hydrogen-bond acceptors (Lipinski definition) is 3. The third kappa shape index (κ3) is 1.94. The minimum absolute atomic E-state index is 0.0290. The van der Waals surface area contributed by atoms with Crippen molar-refractivity contribution >= 4 is 5.78 Å². The Morgan fingerprint density at radius 2 is 1.83 bits per heavy atom. The van der Waals surface area contributed by atoms with Gasteiger partial charge in [-0.15, -0.1) is 0 Å². The molecule has 4 aliphatic carbocycles. The van der Waals surface area contributed by atoms with Crippen LogP contribution in [-0.4, -0.2) is 27.7 Å². The smallest absolute Gasteiger partial charge is 0.133 e. The molecule has 0 spiro atoms. The molecule has 0 amide bonds. The highest BCUT2D eigenvalue weighted by Crippen LogP contribution is 2.68. The summed E-state index contributed by atoms with van der Waals surface area (Å²) in [6.45, 7) is 6.25. The van der Waals surface area contributed by atoms with E-state index in [0.717, 1.165) is 51.4 Å². The summed E-state index contributed by atoms with van der Waals surface area (Å²) in [6, 6.07) is 0. The molecule has 0 aromatic carbocycles. The van der Waals surface area contributed by atoms with Gasteiger partial charge in [0.1, 0.15) is 5.78 Å². The molecule has 0 heterocycles. The summed E-state index contributed by atoms with van der Waals surface area (Å²) in [5.41, 5.74) is 0.631. The molecule has 3 heteroatoms. The van der Waals surface area contributed by atoms with Crippen LogP contribution in [0.5, 0.6) is 0 Å². The molecular formula is C21H32O3. The second-order valence-corrected chi connectivity index (χ2v) is 9.55. The van der Waals surface area contributed by atoms with Crippen LogP contribution in [0.3, 0.4) is 0 Å². The van der Waals surface area contributed by atoms with Crippen molar-refractivity contribution in [3.63, 3.8) is 0 Å². The lowest BCUT2D eigenvalue weighted by atomic mass is 9.45. The van der Waals surface area contributed by atoms with Crippen LogP contribution in [0.25, 0.3) is 0 Å². The Hall–Kier alpha value is -0.670. The van der Waals surface area contributed by atoms with Crippen LogP contribution >= 0.6 is 0 Å². The third-order valence-electron chi connectivity index (χ3n) is 8.77. The van der Waals surface area contributed by atoms with Crippen molar-refractivity contribution in [2.24, 2.45) is 28.6 Å². The molecule has 7 atom stereocenters. The molecule has 0 aromatic rings. The maximum atomic E-state index is 12.2. The monoisotopic (exact) mass is 332 g/mol. The summed E-state index contributed by atoms with van der Waals surface area (Å²) < 4.78 is 0. The van der Waals surface area contributed by atoms with Crippen LogP contribution in [0.4, 0.5) is 0 Å². The second-order valence-electron chi connectivity index (χ2n) is 9.55. The standard InChI is InChI=1S/C21H32O3/c1-13(22)16-8-11-21(24)18-5-4-14-12-15(23)6-9-19(14,2)17(18)7-10-20(16,21)3/h12,15-18,23-24H,4-11H2,1-3H3/t15?,16-,17+,18-,19+,20-,21+/m1/s1. The molecule has 4 aliphatic rings. The fourth-order valence-electron chi connectivity index (χ4n) is 7.33. The maximum Gasteiger partial charge on any atom is 0.133 e. The van der Waals surface area contributed by atoms with E-state index in [4.69, 9.17) is 0 Å². The van der Waals surface area contributed by atoms with Gasteiger partial charge in [0.15, 0.2) is 0 Å². The molecule has 3 nitrogen and oxygen atoms in total. The molecule has 0 bridgehead atoms. The van der Waals surface area contributed by atoms with Gasteiger partial charge in [-0.2, -0.15) is 0 Å². The Balaban J connectivity index is 1.72. The van der Waals surface area contributed by atoms with Crippen LogP contribution < -0.4 is 0 Å². The first kappa shape index (κ1) is 16.8. The maximum absolute atomic E-state index is 12.2. The van der Waals surface area contributed by atoms with Gasteiger partial charge in [-0.25, -0.2) is 0 Å². The highest BCUT2D eigenvalue weighted by Gasteiger charge is 2.67. The zero-order valence-corrected chi connectivity index (χ0v) is 15.3. The summed E-state index contributed by atoms with van der Waals surface area (Å²) >= 11 is 0. The quantitative estimate of drug-likeness (QED) is 0.721. The minimum atomic E-state index is -0.684. The minimum Gasteiger partial charge on any atom is -0.389 e. The lowest BCUT2D eigenvalue weighted by Crippen LogP contribution is -2.61. The van der Waals surface area contributed by atoms with Crippen molar-refractivity contribution in [3.8, 4) is 0 Å². The van der Waals surface area contributed by atoms with Gasteiger partial charge < -0.3 is 10.2 Å². The summed E-state index contributed by atoms with van der Waals surface area (Å²) in [5.74, 6) is 1.09. The molecule has 3 saturated carbocycles. The number of rotatable bonds is 1. The van der Waals surface area contributed by atoms with Gasteiger partial charge in [-0.05, 0) is 75.5 Å². The van der Waals surface area contributed by atoms with Gasteiger partial charge >= 0.3 is 0 Å². The zero-order valence-electron chi connectivity index (χ0n) is 15.3. The molecule has 134 valence electrons. The van der Waals surface area contributed by atoms with Crippen LogP contribution in [0.1, 0.15) is 72.1 Å². The molecule has 24 heavy (non-hydrogen) atoms. The van der Waals surface area contributed by atoms with Crippen molar-refractivity contribution in [3.05, 3.63) is 11.6 Å². The number of hydrogen-bond donors (Lipinski definition) is 2. The molecule has 0 radical (unpaired) electrons. The predicted molar refractivity (Wildman–Crippen MR) is 93.3 cm³/mol. The molecule has 0 saturated heterocycles. The Bertz CT molecular complexity index is 596. The SMILES string of the molecule is CC(=O)[C@H]1CC[C@]2(O)[C@@H]3CCC4=CC(O)CC[C@]4(C)[C@H]3CC[C@]12C. The summed E-state index contributed by atoms with van der Waals surface area (Å²) in [5, 5.41) is 21.9. The van der Waals surface area contributed by atoms with E-state index in [1.165, 1.54) is 5.57 Å². The van der Waals surface area contributed by atoms with Crippen LogP contribution in [0.15, 0.2) is 11.6 Å². The van der Waals surface area contributed by atoms with E-state index in [-0.39, 0.29) is 28.6 Å². The first-order chi connectivity index (χ1) is 11.2. The number of allylic oxidation sites excluding steroid dienone is 1. The number of fused-ring (bicyclic) bond motifs is 5. The van der Waals surface area contributed by atoms with Crippen molar-refractivity contribution in [1.82, 2.24) is 0 Å². The fourth-order valence-corrected chi connectivity index (χ4v) is 7.33. The zero-order chi connectivity index (χ0) is 17.3. The summed E-state index contributed by atoms with van der Waals surface area (Å²) in [7, 11) is 0. The summed E-state index contributed by atoms with van der Waals surface area (Å²) in [6.07, 6.45) is 9.40. The fraction of sp³-hybridized carbons (Fsp3) is 0.857. The largest absolute Gasteiger partial charge is 0.389 e. The van der Waals surface area contributed by atoms with E-state index < -0.39 is 5.60 Å². The second kappa shape index (κ2) is 5.17. The van der Waals surface area contributed by atoms with Crippen LogP contribution in [-0.2, 0) is 4.79 Å². The number of aliphatic hydroxyl groups excluding tert-OH is 1. The third-order valence-corrected chi connectivity index (χ3v) is 8.77. The van der Waals surface area contributed by atoms with Crippen molar-refractivity contribution in [2.75, 3.05) is 0 Å². The van der Waals surface area contributed by atoms with Gasteiger partial charge in [0.2, 0.25) is 0 Å². The molecule has 1 unspecified atom stereocenters. The first-order valence-corrected chi connectivity index (χ1v) is 9.84. The Kier molecular flexibility index (Phi) is 3.61. The molecule has 3 fully saturated rings. The van der Waals surface area contributed by atoms with Gasteiger partial charge in [-0.1, -0.05) is 25.5 Å². The Morgan fingerprint density at radius 1 is 1.08 bits per heavy atom. The van der Waals surface area contributed by atoms with E-state index >= 15 is 0 Å². The predicted octanol–water partition coefficient (Wildman–Crippen LogP) is 3.63. The highest BCUT2D eigenvalue weighted by molar-refractivity contribution is 5.80. The van der Waals surface area contributed by atoms with Gasteiger partial charge in [0.25, 0.3) is 0 Å². The molecule has 4 rings (SSSR count). The normalized spacial score (nSPS) is 53.6. The Labute approximate surface area is 145 Å². The topological polar surface area (TPSA) is 57.5 Å². The van der Waals surface area contributed by atoms with Gasteiger partial charge in [-0.3, -0.25) is 4.79 Å². The van der Waals surface area contributed by atoms with E-state index in [0.29, 0.717) is 11.8 Å². The van der Waals surface area contributed by atoms with Crippen LogP contribution in [0.2, 0.25) is 0 Å². The van der Waals surface area contributed by atoms with E-state index in [9.17, 15) is 15.0 Å². The van der Waals surface area contributed by atoms with E-state index in [1.807, 2.05) is 0 Å². The molecule has 2 N–H and O–H groups in total. The highest BCUT2D eigenvalue weighted by atomic mass is 16.3. The van der Waals surface area contributed by atoms with E-state index in [1.54, 1.807) is 6.92 Å². The number of ketones is 1. The van der Waals surface area contributed by atoms with Crippen molar-refractivity contribution in [2.45, 2.75) is 83.8 Å². The lowest BCUT2D eigenvalue weighted by molar-refractivity contribution is -0.185. The number of carbonyl (C=O) groups is 1. The number of Topliss-reactive ketones (excluding diaryl/α,β-unsaturated/α-hetero) is 1. The average Bonchev–Trinajstić information content (AvgIpc) is 2.80. The average molecular weight is 332 g/mol. The first-order valence-electron chi connectivity index (χ1n) is 9.84. The van der Waals surface area contributed by atoms with Crippen molar-refractivity contribution < 1.29 is 15.0 Å². The number of aliphatic hydroxyl groups is 2. The van der Waals surface area contributed by atoms with Crippen molar-refractivity contribution in [1.29, 1.82) is 0 Å². The lowest BCUT2D eigenvalue weighted by Gasteiger charge is -2.61. The molecular weight excluding hydrogens is 300 g/mol.